The van der Waals surface area contributed by atoms with Crippen molar-refractivity contribution in [3.63, 3.8) is 0 Å². The molecule has 0 N–H and O–H groups in total. The van der Waals surface area contributed by atoms with Crippen LogP contribution in [0.2, 0.25) is 5.02 Å². The Kier molecular flexibility index (Phi) is 6.35. The van der Waals surface area contributed by atoms with E-state index in [0.717, 1.165) is 51.3 Å². The number of carbonyl (C=O) groups excluding carboxylic acids is 1. The van der Waals surface area contributed by atoms with E-state index in [1.54, 1.807) is 0 Å². The van der Waals surface area contributed by atoms with Gasteiger partial charge in [-0.15, -0.1) is 0 Å². The van der Waals surface area contributed by atoms with Crippen molar-refractivity contribution in [2.75, 3.05) is 52.5 Å². The molecule has 0 spiro atoms. The van der Waals surface area contributed by atoms with Crippen LogP contribution in [0.5, 0.6) is 5.75 Å². The fourth-order valence-corrected chi connectivity index (χ4v) is 3.45. The van der Waals surface area contributed by atoms with Gasteiger partial charge in [0, 0.05) is 31.2 Å². The third-order valence-electron chi connectivity index (χ3n) is 4.67. The van der Waals surface area contributed by atoms with Crippen LogP contribution >= 0.6 is 11.6 Å². The molecule has 2 aliphatic rings. The molecule has 1 aromatic rings. The predicted octanol–water partition coefficient (Wildman–Crippen LogP) is 2.29. The number of hydrogen-bond acceptors (Lipinski definition) is 4. The lowest BCUT2D eigenvalue weighted by Gasteiger charge is -2.36. The van der Waals surface area contributed by atoms with E-state index in [9.17, 15) is 4.79 Å². The molecule has 0 radical (unpaired) electrons. The molecular formula is C18H25ClN2O3. The molecule has 1 atom stereocenters. The lowest BCUT2D eigenvalue weighted by atomic mass is 9.96. The summed E-state index contributed by atoms with van der Waals surface area (Å²) in [5.74, 6) is 1.24. The maximum absolute atomic E-state index is 12.6. The van der Waals surface area contributed by atoms with Crippen molar-refractivity contribution >= 4 is 17.5 Å². The van der Waals surface area contributed by atoms with Gasteiger partial charge in [0.2, 0.25) is 5.91 Å². The van der Waals surface area contributed by atoms with Crippen molar-refractivity contribution in [3.8, 4) is 5.75 Å². The first kappa shape index (κ1) is 17.5. The molecule has 5 nitrogen and oxygen atoms in total. The van der Waals surface area contributed by atoms with Gasteiger partial charge in [0.1, 0.15) is 12.4 Å². The van der Waals surface area contributed by atoms with E-state index >= 15 is 0 Å². The number of likely N-dealkylation sites (tertiary alicyclic amines) is 1. The Hall–Kier alpha value is -1.30. The summed E-state index contributed by atoms with van der Waals surface area (Å²) < 4.78 is 11.1. The van der Waals surface area contributed by atoms with E-state index in [1.807, 2.05) is 29.2 Å². The molecule has 132 valence electrons. The third kappa shape index (κ3) is 4.85. The highest BCUT2D eigenvalue weighted by Crippen LogP contribution is 2.20. The van der Waals surface area contributed by atoms with E-state index in [0.29, 0.717) is 30.8 Å². The Labute approximate surface area is 148 Å². The van der Waals surface area contributed by atoms with Crippen LogP contribution in [0.1, 0.15) is 12.8 Å². The Morgan fingerprint density at radius 2 is 1.96 bits per heavy atom. The number of halogens is 1. The number of nitrogens with zero attached hydrogens (tertiary/aromatic N) is 2. The zero-order valence-corrected chi connectivity index (χ0v) is 14.7. The average Bonchev–Trinajstić information content (AvgIpc) is 2.64. The lowest BCUT2D eigenvalue weighted by molar-refractivity contribution is -0.141. The number of benzene rings is 1. The maximum atomic E-state index is 12.6. The lowest BCUT2D eigenvalue weighted by Crippen LogP contribution is -2.48. The second-order valence-corrected chi connectivity index (χ2v) is 6.82. The minimum Gasteiger partial charge on any atom is -0.492 e. The van der Waals surface area contributed by atoms with Gasteiger partial charge in [-0.1, -0.05) is 11.6 Å². The number of rotatable bonds is 5. The van der Waals surface area contributed by atoms with E-state index in [2.05, 4.69) is 4.90 Å². The molecule has 3 rings (SSSR count). The first-order chi connectivity index (χ1) is 11.7. The first-order valence-electron chi connectivity index (χ1n) is 8.69. The molecular weight excluding hydrogens is 328 g/mol. The molecule has 0 saturated carbocycles. The topological polar surface area (TPSA) is 42.0 Å². The third-order valence-corrected chi connectivity index (χ3v) is 4.92. The standard InChI is InChI=1S/C18H25ClN2O3/c19-16-3-5-17(6-4-16)24-13-8-20-7-1-2-15(14-20)18(22)21-9-11-23-12-10-21/h3-6,15H,1-2,7-14H2. The fourth-order valence-electron chi connectivity index (χ4n) is 3.33. The Morgan fingerprint density at radius 3 is 2.71 bits per heavy atom. The SMILES string of the molecule is O=C(C1CCCN(CCOc2ccc(Cl)cc2)C1)N1CCOCC1. The van der Waals surface area contributed by atoms with Crippen LogP contribution in [0.4, 0.5) is 0 Å². The van der Waals surface area contributed by atoms with Gasteiger partial charge in [-0.2, -0.15) is 0 Å². The number of piperidine rings is 1. The van der Waals surface area contributed by atoms with Crippen molar-refractivity contribution in [1.82, 2.24) is 9.80 Å². The molecule has 24 heavy (non-hydrogen) atoms. The van der Waals surface area contributed by atoms with Crippen LogP contribution in [0.25, 0.3) is 0 Å². The summed E-state index contributed by atoms with van der Waals surface area (Å²) in [4.78, 5) is 16.9. The summed E-state index contributed by atoms with van der Waals surface area (Å²) in [6.45, 7) is 6.13. The normalized spacial score (nSPS) is 22.4. The average molecular weight is 353 g/mol. The highest BCUT2D eigenvalue weighted by molar-refractivity contribution is 6.30. The van der Waals surface area contributed by atoms with Crippen LogP contribution in [0.15, 0.2) is 24.3 Å². The summed E-state index contributed by atoms with van der Waals surface area (Å²) in [6.07, 6.45) is 2.06. The first-order valence-corrected chi connectivity index (χ1v) is 9.07. The number of ether oxygens (including phenoxy) is 2. The van der Waals surface area contributed by atoms with E-state index < -0.39 is 0 Å². The summed E-state index contributed by atoms with van der Waals surface area (Å²) in [6, 6.07) is 7.41. The molecule has 2 aliphatic heterocycles. The van der Waals surface area contributed by atoms with Crippen LogP contribution in [0, 0.1) is 5.92 Å². The zero-order valence-electron chi connectivity index (χ0n) is 14.0. The number of carbonyl (C=O) groups is 1. The van der Waals surface area contributed by atoms with Crippen molar-refractivity contribution < 1.29 is 14.3 Å². The van der Waals surface area contributed by atoms with Crippen LogP contribution in [-0.2, 0) is 9.53 Å². The van der Waals surface area contributed by atoms with Gasteiger partial charge in [-0.25, -0.2) is 0 Å². The fraction of sp³-hybridized carbons (Fsp3) is 0.611. The predicted molar refractivity (Wildman–Crippen MR) is 93.5 cm³/mol. The molecule has 2 heterocycles. The summed E-state index contributed by atoms with van der Waals surface area (Å²) in [7, 11) is 0. The molecule has 6 heteroatoms. The van der Waals surface area contributed by atoms with Crippen molar-refractivity contribution in [2.24, 2.45) is 5.92 Å². The summed E-state index contributed by atoms with van der Waals surface area (Å²) in [5.41, 5.74) is 0. The quantitative estimate of drug-likeness (QED) is 0.815. The van der Waals surface area contributed by atoms with Gasteiger partial charge in [0.25, 0.3) is 0 Å². The van der Waals surface area contributed by atoms with Crippen molar-refractivity contribution in [3.05, 3.63) is 29.3 Å². The Balaban J connectivity index is 1.43. The van der Waals surface area contributed by atoms with Crippen LogP contribution in [-0.4, -0.2) is 68.3 Å². The molecule has 2 saturated heterocycles. The zero-order chi connectivity index (χ0) is 16.8. The van der Waals surface area contributed by atoms with Gasteiger partial charge in [-0.05, 0) is 43.7 Å². The molecule has 1 aromatic carbocycles. The van der Waals surface area contributed by atoms with Crippen molar-refractivity contribution in [1.29, 1.82) is 0 Å². The van der Waals surface area contributed by atoms with Crippen LogP contribution < -0.4 is 4.74 Å². The minimum atomic E-state index is 0.118. The monoisotopic (exact) mass is 352 g/mol. The highest BCUT2D eigenvalue weighted by Gasteiger charge is 2.29. The molecule has 1 unspecified atom stereocenters. The molecule has 0 bridgehead atoms. The van der Waals surface area contributed by atoms with E-state index in [1.165, 1.54) is 0 Å². The van der Waals surface area contributed by atoms with Gasteiger partial charge in [0.15, 0.2) is 0 Å². The summed E-state index contributed by atoms with van der Waals surface area (Å²) >= 11 is 5.87. The van der Waals surface area contributed by atoms with Crippen LogP contribution in [0.3, 0.4) is 0 Å². The largest absolute Gasteiger partial charge is 0.492 e. The van der Waals surface area contributed by atoms with Gasteiger partial charge < -0.3 is 14.4 Å². The van der Waals surface area contributed by atoms with Gasteiger partial charge in [-0.3, -0.25) is 9.69 Å². The van der Waals surface area contributed by atoms with E-state index in [4.69, 9.17) is 21.1 Å². The van der Waals surface area contributed by atoms with E-state index in [-0.39, 0.29) is 5.92 Å². The smallest absolute Gasteiger partial charge is 0.227 e. The Morgan fingerprint density at radius 1 is 1.21 bits per heavy atom. The number of amides is 1. The number of hydrogen-bond donors (Lipinski definition) is 0. The van der Waals surface area contributed by atoms with Gasteiger partial charge >= 0.3 is 0 Å². The highest BCUT2D eigenvalue weighted by atomic mass is 35.5. The Bertz CT molecular complexity index is 532. The second-order valence-electron chi connectivity index (χ2n) is 6.38. The molecule has 2 fully saturated rings. The second kappa shape index (κ2) is 8.70. The maximum Gasteiger partial charge on any atom is 0.227 e. The molecule has 0 aromatic heterocycles. The number of morpholine rings is 1. The van der Waals surface area contributed by atoms with Gasteiger partial charge in [0.05, 0.1) is 19.1 Å². The molecule has 1 amide bonds. The minimum absolute atomic E-state index is 0.118. The molecule has 0 aliphatic carbocycles. The summed E-state index contributed by atoms with van der Waals surface area (Å²) in [5, 5.41) is 0.711. The van der Waals surface area contributed by atoms with Crippen molar-refractivity contribution in [2.45, 2.75) is 12.8 Å².